The van der Waals surface area contributed by atoms with Gasteiger partial charge < -0.3 is 19.7 Å². The normalized spacial score (nSPS) is 19.1. The van der Waals surface area contributed by atoms with Crippen LogP contribution < -0.4 is 15.0 Å². The van der Waals surface area contributed by atoms with Gasteiger partial charge in [-0.25, -0.2) is 4.79 Å². The number of anilines is 1. The molecule has 0 amide bonds. The van der Waals surface area contributed by atoms with E-state index < -0.39 is 11.9 Å². The van der Waals surface area contributed by atoms with E-state index in [1.165, 1.54) is 0 Å². The largest absolute Gasteiger partial charge is 0.497 e. The summed E-state index contributed by atoms with van der Waals surface area (Å²) in [6, 6.07) is 15.5. The molecule has 0 fully saturated rings. The van der Waals surface area contributed by atoms with Crippen LogP contribution in [0.15, 0.2) is 71.1 Å². The molecule has 0 radical (unpaired) electrons. The highest BCUT2D eigenvalue weighted by Crippen LogP contribution is 2.47. The summed E-state index contributed by atoms with van der Waals surface area (Å²) in [5, 5.41) is 3.39. The maximum absolute atomic E-state index is 13.5. The molecule has 1 unspecified atom stereocenters. The summed E-state index contributed by atoms with van der Waals surface area (Å²) in [5.41, 5.74) is 5.52. The molecule has 0 aromatic heterocycles. The van der Waals surface area contributed by atoms with Crippen LogP contribution in [0.3, 0.4) is 0 Å². The molecule has 6 nitrogen and oxygen atoms in total. The van der Waals surface area contributed by atoms with Gasteiger partial charge in [-0.2, -0.15) is 0 Å². The maximum atomic E-state index is 13.5. The number of benzene rings is 2. The van der Waals surface area contributed by atoms with Crippen molar-refractivity contribution in [3.05, 3.63) is 82.2 Å². The van der Waals surface area contributed by atoms with Crippen molar-refractivity contribution in [3.63, 3.8) is 0 Å². The number of dihydropyridines is 1. The van der Waals surface area contributed by atoms with E-state index in [0.717, 1.165) is 40.4 Å². The number of carbonyl (C=O) groups is 2. The first-order chi connectivity index (χ1) is 16.6. The van der Waals surface area contributed by atoms with E-state index in [2.05, 4.69) is 19.2 Å². The Morgan fingerprint density at radius 1 is 1.06 bits per heavy atom. The lowest BCUT2D eigenvalue weighted by molar-refractivity contribution is -0.140. The number of hydrogen-bond acceptors (Lipinski definition) is 6. The van der Waals surface area contributed by atoms with Crippen LogP contribution in [0.25, 0.3) is 0 Å². The van der Waals surface area contributed by atoms with Crippen molar-refractivity contribution in [2.75, 3.05) is 26.1 Å². The monoisotopic (exact) mass is 474 g/mol. The summed E-state index contributed by atoms with van der Waals surface area (Å²) >= 11 is 0. The number of rotatable bonds is 6. The SMILES string of the molecule is COc1ccc(COC(=O)C2=C(C)NC3=C(C(=O)CC(C)(C)C3)C2c2ccc(N(C)C)cc2)cc1. The van der Waals surface area contributed by atoms with E-state index in [-0.39, 0.29) is 17.8 Å². The van der Waals surface area contributed by atoms with Crippen LogP contribution >= 0.6 is 0 Å². The van der Waals surface area contributed by atoms with Crippen LogP contribution in [0.1, 0.15) is 50.7 Å². The number of ether oxygens (including phenoxy) is 2. The summed E-state index contributed by atoms with van der Waals surface area (Å²) in [6.45, 7) is 6.24. The van der Waals surface area contributed by atoms with Crippen molar-refractivity contribution < 1.29 is 19.1 Å². The van der Waals surface area contributed by atoms with Gasteiger partial charge >= 0.3 is 5.97 Å². The van der Waals surface area contributed by atoms with Crippen molar-refractivity contribution in [1.29, 1.82) is 0 Å². The number of methoxy groups -OCH3 is 1. The van der Waals surface area contributed by atoms with Crippen molar-refractivity contribution in [1.82, 2.24) is 5.32 Å². The molecule has 35 heavy (non-hydrogen) atoms. The molecule has 1 N–H and O–H groups in total. The zero-order valence-electron chi connectivity index (χ0n) is 21.4. The molecule has 1 aliphatic carbocycles. The van der Waals surface area contributed by atoms with E-state index in [9.17, 15) is 9.59 Å². The summed E-state index contributed by atoms with van der Waals surface area (Å²) in [4.78, 5) is 28.9. The lowest BCUT2D eigenvalue weighted by Gasteiger charge is -2.39. The number of ketones is 1. The first-order valence-corrected chi connectivity index (χ1v) is 11.9. The van der Waals surface area contributed by atoms with Gasteiger partial charge in [0.1, 0.15) is 12.4 Å². The molecule has 6 heteroatoms. The Balaban J connectivity index is 1.69. The second kappa shape index (κ2) is 9.61. The van der Waals surface area contributed by atoms with Gasteiger partial charge in [0.2, 0.25) is 0 Å². The molecule has 0 spiro atoms. The third-order valence-electron chi connectivity index (χ3n) is 6.73. The number of hydrogen-bond donors (Lipinski definition) is 1. The molecule has 2 aliphatic rings. The maximum Gasteiger partial charge on any atom is 0.337 e. The lowest BCUT2D eigenvalue weighted by atomic mass is 9.68. The molecule has 2 aromatic rings. The Bertz CT molecular complexity index is 1190. The van der Waals surface area contributed by atoms with Gasteiger partial charge in [-0.1, -0.05) is 38.1 Å². The van der Waals surface area contributed by atoms with Gasteiger partial charge in [-0.15, -0.1) is 0 Å². The van der Waals surface area contributed by atoms with Crippen LogP contribution in [0.4, 0.5) is 5.69 Å². The second-order valence-corrected chi connectivity index (χ2v) is 10.3. The molecular formula is C29H34N2O4. The minimum Gasteiger partial charge on any atom is -0.497 e. The van der Waals surface area contributed by atoms with Gasteiger partial charge in [-0.05, 0) is 54.2 Å². The number of allylic oxidation sites excluding steroid dienone is 3. The predicted molar refractivity (Wildman–Crippen MR) is 137 cm³/mol. The van der Waals surface area contributed by atoms with Gasteiger partial charge in [0.15, 0.2) is 5.78 Å². The van der Waals surface area contributed by atoms with Crippen molar-refractivity contribution >= 4 is 17.4 Å². The average molecular weight is 475 g/mol. The molecule has 1 atom stereocenters. The lowest BCUT2D eigenvalue weighted by Crippen LogP contribution is -2.38. The summed E-state index contributed by atoms with van der Waals surface area (Å²) in [6.07, 6.45) is 1.21. The number of esters is 1. The summed E-state index contributed by atoms with van der Waals surface area (Å²) in [5.74, 6) is -0.0564. The standard InChI is InChI=1S/C29H34N2O4/c1-18-25(28(33)35-17-19-7-13-22(34-6)14-8-19)26(20-9-11-21(12-10-20)31(4)5)27-23(30-18)15-29(2,3)16-24(27)32/h7-14,26,30H,15-17H2,1-6H3. The minimum atomic E-state index is -0.463. The first kappa shape index (κ1) is 24.6. The number of Topliss-reactive ketones (excluding diaryl/α,β-unsaturated/α-hetero) is 1. The van der Waals surface area contributed by atoms with Crippen LogP contribution in [-0.2, 0) is 20.9 Å². The fraction of sp³-hybridized carbons (Fsp3) is 0.379. The third kappa shape index (κ3) is 5.11. The molecule has 2 aromatic carbocycles. The smallest absolute Gasteiger partial charge is 0.337 e. The van der Waals surface area contributed by atoms with Gasteiger partial charge in [-0.3, -0.25) is 4.79 Å². The van der Waals surface area contributed by atoms with Gasteiger partial charge in [0.05, 0.1) is 12.7 Å². The second-order valence-electron chi connectivity index (χ2n) is 10.3. The zero-order chi connectivity index (χ0) is 25.3. The molecular weight excluding hydrogens is 440 g/mol. The Labute approximate surface area is 207 Å². The Morgan fingerprint density at radius 2 is 1.71 bits per heavy atom. The molecule has 1 aliphatic heterocycles. The summed E-state index contributed by atoms with van der Waals surface area (Å²) in [7, 11) is 5.58. The average Bonchev–Trinajstić information content (AvgIpc) is 2.81. The Kier molecular flexibility index (Phi) is 6.75. The van der Waals surface area contributed by atoms with Crippen molar-refractivity contribution in [3.8, 4) is 5.75 Å². The number of nitrogens with one attached hydrogen (secondary N) is 1. The molecule has 0 bridgehead atoms. The van der Waals surface area contributed by atoms with E-state index in [1.54, 1.807) is 7.11 Å². The van der Waals surface area contributed by atoms with Crippen LogP contribution in [0.2, 0.25) is 0 Å². The minimum absolute atomic E-state index is 0.0818. The topological polar surface area (TPSA) is 67.9 Å². The Hall–Kier alpha value is -3.54. The molecule has 0 saturated carbocycles. The Morgan fingerprint density at radius 3 is 2.31 bits per heavy atom. The highest BCUT2D eigenvalue weighted by molar-refractivity contribution is 6.04. The highest BCUT2D eigenvalue weighted by Gasteiger charge is 2.43. The number of carbonyl (C=O) groups excluding carboxylic acids is 2. The van der Waals surface area contributed by atoms with E-state index in [0.29, 0.717) is 17.6 Å². The predicted octanol–water partition coefficient (Wildman–Crippen LogP) is 5.11. The molecule has 4 rings (SSSR count). The van der Waals surface area contributed by atoms with Gasteiger partial charge in [0.25, 0.3) is 0 Å². The van der Waals surface area contributed by atoms with E-state index in [4.69, 9.17) is 9.47 Å². The van der Waals surface area contributed by atoms with Gasteiger partial charge in [0, 0.05) is 49.1 Å². The van der Waals surface area contributed by atoms with Crippen LogP contribution in [0, 0.1) is 5.41 Å². The van der Waals surface area contributed by atoms with Crippen molar-refractivity contribution in [2.45, 2.75) is 46.1 Å². The molecule has 0 saturated heterocycles. The van der Waals surface area contributed by atoms with Crippen LogP contribution in [0.5, 0.6) is 5.75 Å². The zero-order valence-corrected chi connectivity index (χ0v) is 21.4. The fourth-order valence-electron chi connectivity index (χ4n) is 4.95. The fourth-order valence-corrected chi connectivity index (χ4v) is 4.95. The van der Waals surface area contributed by atoms with Crippen LogP contribution in [-0.4, -0.2) is 33.0 Å². The highest BCUT2D eigenvalue weighted by atomic mass is 16.5. The van der Waals surface area contributed by atoms with Crippen molar-refractivity contribution in [2.24, 2.45) is 5.41 Å². The molecule has 184 valence electrons. The third-order valence-corrected chi connectivity index (χ3v) is 6.73. The first-order valence-electron chi connectivity index (χ1n) is 11.9. The van der Waals surface area contributed by atoms with E-state index in [1.807, 2.05) is 74.4 Å². The quantitative estimate of drug-likeness (QED) is 0.587. The molecule has 1 heterocycles. The number of nitrogens with zero attached hydrogens (tertiary/aromatic N) is 1. The summed E-state index contributed by atoms with van der Waals surface area (Å²) < 4.78 is 11.0. The van der Waals surface area contributed by atoms with E-state index >= 15 is 0 Å².